The van der Waals surface area contributed by atoms with Crippen LogP contribution in [0.3, 0.4) is 0 Å². The number of benzene rings is 1. The number of ether oxygens (including phenoxy) is 1. The molecule has 138 valence electrons. The van der Waals surface area contributed by atoms with E-state index in [0.29, 0.717) is 25.2 Å². The van der Waals surface area contributed by atoms with Crippen LogP contribution in [0, 0.1) is 11.7 Å². The minimum absolute atomic E-state index is 0.0479. The fourth-order valence-electron chi connectivity index (χ4n) is 4.09. The quantitative estimate of drug-likeness (QED) is 0.860. The molecule has 0 spiro atoms. The van der Waals surface area contributed by atoms with E-state index in [1.54, 1.807) is 0 Å². The molecule has 1 aliphatic carbocycles. The van der Waals surface area contributed by atoms with Crippen LogP contribution >= 0.6 is 0 Å². The molecule has 25 heavy (non-hydrogen) atoms. The Bertz CT molecular complexity index is 570. The van der Waals surface area contributed by atoms with Gasteiger partial charge in [0, 0.05) is 24.8 Å². The van der Waals surface area contributed by atoms with E-state index < -0.39 is 0 Å². The Morgan fingerprint density at radius 1 is 1.20 bits per heavy atom. The first kappa shape index (κ1) is 18.3. The highest BCUT2D eigenvalue weighted by Gasteiger charge is 2.34. The summed E-state index contributed by atoms with van der Waals surface area (Å²) in [4.78, 5) is 12.5. The molecule has 1 heterocycles. The predicted molar refractivity (Wildman–Crippen MR) is 95.7 cm³/mol. The van der Waals surface area contributed by atoms with E-state index in [-0.39, 0.29) is 23.8 Å². The van der Waals surface area contributed by atoms with Crippen LogP contribution in [0.1, 0.15) is 51.0 Å². The van der Waals surface area contributed by atoms with E-state index in [9.17, 15) is 9.18 Å². The summed E-state index contributed by atoms with van der Waals surface area (Å²) in [5.41, 5.74) is 0.706. The maximum Gasteiger partial charge on any atom is 0.234 e. The predicted octanol–water partition coefficient (Wildman–Crippen LogP) is 3.12. The molecule has 1 saturated heterocycles. The largest absolute Gasteiger partial charge is 0.381 e. The zero-order valence-electron chi connectivity index (χ0n) is 15.0. The minimum Gasteiger partial charge on any atom is -0.381 e. The second-order valence-corrected chi connectivity index (χ2v) is 7.49. The summed E-state index contributed by atoms with van der Waals surface area (Å²) < 4.78 is 18.8. The molecule has 5 heteroatoms. The Labute approximate surface area is 149 Å². The van der Waals surface area contributed by atoms with Gasteiger partial charge in [-0.15, -0.1) is 0 Å². The number of hydrogen-bond donors (Lipinski definition) is 2. The molecule has 3 rings (SSSR count). The third kappa shape index (κ3) is 4.59. The molecule has 1 aromatic carbocycles. The lowest BCUT2D eigenvalue weighted by molar-refractivity contribution is -0.122. The smallest absolute Gasteiger partial charge is 0.234 e. The van der Waals surface area contributed by atoms with Crippen molar-refractivity contribution in [1.29, 1.82) is 0 Å². The van der Waals surface area contributed by atoms with Gasteiger partial charge in [-0.3, -0.25) is 10.1 Å². The van der Waals surface area contributed by atoms with Crippen LogP contribution in [-0.2, 0) is 15.1 Å². The maximum absolute atomic E-state index is 13.3. The van der Waals surface area contributed by atoms with Crippen LogP contribution in [0.4, 0.5) is 4.39 Å². The Hall–Kier alpha value is -1.46. The van der Waals surface area contributed by atoms with Gasteiger partial charge >= 0.3 is 0 Å². The SMILES string of the molecule is C[C@@H]1CCCC[C@@H]1NC(=O)CNC1(c2ccc(F)cc2)CCOCC1. The van der Waals surface area contributed by atoms with Gasteiger partial charge in [-0.25, -0.2) is 4.39 Å². The van der Waals surface area contributed by atoms with Crippen molar-refractivity contribution in [3.05, 3.63) is 35.6 Å². The fraction of sp³-hybridized carbons (Fsp3) is 0.650. The molecule has 0 radical (unpaired) electrons. The second-order valence-electron chi connectivity index (χ2n) is 7.49. The summed E-state index contributed by atoms with van der Waals surface area (Å²) in [5.74, 6) is 0.355. The number of nitrogens with one attached hydrogen (secondary N) is 2. The highest BCUT2D eigenvalue weighted by atomic mass is 19.1. The fourth-order valence-corrected chi connectivity index (χ4v) is 4.09. The Kier molecular flexibility index (Phi) is 6.07. The van der Waals surface area contributed by atoms with Crippen LogP contribution in [0.25, 0.3) is 0 Å². The molecular weight excluding hydrogens is 319 g/mol. The van der Waals surface area contributed by atoms with Crippen LogP contribution in [0.2, 0.25) is 0 Å². The first-order valence-electron chi connectivity index (χ1n) is 9.47. The van der Waals surface area contributed by atoms with E-state index in [1.165, 1.54) is 31.4 Å². The Morgan fingerprint density at radius 3 is 2.56 bits per heavy atom. The molecule has 1 aliphatic heterocycles. The molecule has 1 saturated carbocycles. The number of carbonyl (C=O) groups is 1. The third-order valence-corrected chi connectivity index (χ3v) is 5.79. The molecule has 2 fully saturated rings. The first-order valence-corrected chi connectivity index (χ1v) is 9.47. The van der Waals surface area contributed by atoms with Crippen molar-refractivity contribution in [2.45, 2.75) is 57.0 Å². The molecule has 1 aromatic rings. The van der Waals surface area contributed by atoms with Crippen molar-refractivity contribution < 1.29 is 13.9 Å². The average Bonchev–Trinajstić information content (AvgIpc) is 2.63. The van der Waals surface area contributed by atoms with Gasteiger partial charge in [0.05, 0.1) is 6.54 Å². The van der Waals surface area contributed by atoms with Gasteiger partial charge in [0.2, 0.25) is 5.91 Å². The zero-order valence-corrected chi connectivity index (χ0v) is 15.0. The maximum atomic E-state index is 13.3. The molecule has 0 bridgehead atoms. The van der Waals surface area contributed by atoms with Crippen LogP contribution in [0.5, 0.6) is 0 Å². The van der Waals surface area contributed by atoms with Gasteiger partial charge in [0.1, 0.15) is 5.82 Å². The number of hydrogen-bond acceptors (Lipinski definition) is 3. The molecule has 1 amide bonds. The van der Waals surface area contributed by atoms with Crippen LogP contribution in [-0.4, -0.2) is 31.7 Å². The summed E-state index contributed by atoms with van der Waals surface area (Å²) in [6, 6.07) is 6.89. The number of halogens is 1. The summed E-state index contributed by atoms with van der Waals surface area (Å²) in [5, 5.41) is 6.65. The van der Waals surface area contributed by atoms with Crippen molar-refractivity contribution in [3.63, 3.8) is 0 Å². The average molecular weight is 348 g/mol. The summed E-state index contributed by atoms with van der Waals surface area (Å²) in [6.45, 7) is 3.79. The summed E-state index contributed by atoms with van der Waals surface area (Å²) in [6.07, 6.45) is 6.29. The lowest BCUT2D eigenvalue weighted by Gasteiger charge is -2.39. The van der Waals surface area contributed by atoms with Gasteiger partial charge in [-0.1, -0.05) is 31.9 Å². The molecule has 2 N–H and O–H groups in total. The van der Waals surface area contributed by atoms with Crippen molar-refractivity contribution in [2.24, 2.45) is 5.92 Å². The van der Waals surface area contributed by atoms with Crippen LogP contribution < -0.4 is 10.6 Å². The molecule has 0 unspecified atom stereocenters. The van der Waals surface area contributed by atoms with Crippen molar-refractivity contribution in [1.82, 2.24) is 10.6 Å². The van der Waals surface area contributed by atoms with E-state index in [1.807, 2.05) is 12.1 Å². The van der Waals surface area contributed by atoms with Gasteiger partial charge < -0.3 is 10.1 Å². The van der Waals surface area contributed by atoms with Crippen molar-refractivity contribution in [3.8, 4) is 0 Å². The molecular formula is C20H29FN2O2. The third-order valence-electron chi connectivity index (χ3n) is 5.79. The highest BCUT2D eigenvalue weighted by molar-refractivity contribution is 5.78. The van der Waals surface area contributed by atoms with E-state index in [0.717, 1.165) is 24.8 Å². The van der Waals surface area contributed by atoms with Gasteiger partial charge in [-0.05, 0) is 49.3 Å². The van der Waals surface area contributed by atoms with Gasteiger partial charge in [-0.2, -0.15) is 0 Å². The highest BCUT2D eigenvalue weighted by Crippen LogP contribution is 2.32. The van der Waals surface area contributed by atoms with Crippen molar-refractivity contribution in [2.75, 3.05) is 19.8 Å². The number of amides is 1. The zero-order chi connectivity index (χ0) is 17.7. The Balaban J connectivity index is 1.62. The normalized spacial score (nSPS) is 26.2. The first-order chi connectivity index (χ1) is 12.1. The van der Waals surface area contributed by atoms with Gasteiger partial charge in [0.15, 0.2) is 0 Å². The second kappa shape index (κ2) is 8.28. The summed E-state index contributed by atoms with van der Waals surface area (Å²) >= 11 is 0. The minimum atomic E-state index is -0.318. The topological polar surface area (TPSA) is 50.4 Å². The summed E-state index contributed by atoms with van der Waals surface area (Å²) in [7, 11) is 0. The standard InChI is InChI=1S/C20H29FN2O2/c1-15-4-2-3-5-18(15)23-19(24)14-22-20(10-12-25-13-11-20)16-6-8-17(21)9-7-16/h6-9,15,18,22H,2-5,10-14H2,1H3,(H,23,24)/t15-,18+/m1/s1. The van der Waals surface area contributed by atoms with E-state index in [2.05, 4.69) is 17.6 Å². The molecule has 0 aromatic heterocycles. The lowest BCUT2D eigenvalue weighted by atomic mass is 9.82. The molecule has 2 aliphatic rings. The monoisotopic (exact) mass is 348 g/mol. The van der Waals surface area contributed by atoms with Crippen molar-refractivity contribution >= 4 is 5.91 Å². The van der Waals surface area contributed by atoms with E-state index >= 15 is 0 Å². The molecule has 2 atom stereocenters. The molecule has 4 nitrogen and oxygen atoms in total. The van der Waals surface area contributed by atoms with Gasteiger partial charge in [0.25, 0.3) is 0 Å². The number of rotatable bonds is 5. The van der Waals surface area contributed by atoms with E-state index in [4.69, 9.17) is 4.74 Å². The van der Waals surface area contributed by atoms with Crippen LogP contribution in [0.15, 0.2) is 24.3 Å². The lowest BCUT2D eigenvalue weighted by Crippen LogP contribution is -2.52. The number of carbonyl (C=O) groups excluding carboxylic acids is 1. The Morgan fingerprint density at radius 2 is 1.88 bits per heavy atom.